The molecule has 6 nitrogen and oxygen atoms in total. The van der Waals surface area contributed by atoms with Crippen molar-refractivity contribution in [2.24, 2.45) is 0 Å². The van der Waals surface area contributed by atoms with Gasteiger partial charge in [0.15, 0.2) is 5.78 Å². The summed E-state index contributed by atoms with van der Waals surface area (Å²) in [4.78, 5) is 23.8. The number of aliphatic hydroxyl groups excluding tert-OH is 1. The molecule has 0 saturated carbocycles. The topological polar surface area (TPSA) is 87.7 Å². The van der Waals surface area contributed by atoms with E-state index in [9.17, 15) is 14.7 Å². The third-order valence-corrected chi connectivity index (χ3v) is 3.43. The average molecular weight is 292 g/mol. The van der Waals surface area contributed by atoms with Crippen LogP contribution in [0.1, 0.15) is 18.4 Å². The van der Waals surface area contributed by atoms with Gasteiger partial charge in [-0.3, -0.25) is 4.79 Å². The standard InChI is InChI=1S/C15H20N2O4/c18-9-13(14(19)12-7-4-8-16-12)17-15(20)21-10-11-5-2-1-3-6-11/h1-3,5-6,12-13,16,18H,4,7-10H2,(H,17,20)/t12-,13?/m0/s1. The largest absolute Gasteiger partial charge is 0.445 e. The van der Waals surface area contributed by atoms with Crippen molar-refractivity contribution in [3.63, 3.8) is 0 Å². The van der Waals surface area contributed by atoms with Crippen LogP contribution in [-0.4, -0.2) is 42.2 Å². The third kappa shape index (κ3) is 4.54. The SMILES string of the molecule is O=C(NC(CO)C(=O)[C@@H]1CCCN1)OCc1ccccc1. The highest BCUT2D eigenvalue weighted by Crippen LogP contribution is 2.08. The lowest BCUT2D eigenvalue weighted by Gasteiger charge is -2.18. The van der Waals surface area contributed by atoms with E-state index in [1.165, 1.54) is 0 Å². The van der Waals surface area contributed by atoms with E-state index in [0.717, 1.165) is 24.9 Å². The molecular formula is C15H20N2O4. The van der Waals surface area contributed by atoms with Gasteiger partial charge in [0.25, 0.3) is 0 Å². The smallest absolute Gasteiger partial charge is 0.408 e. The number of amides is 1. The zero-order valence-corrected chi connectivity index (χ0v) is 11.7. The van der Waals surface area contributed by atoms with Gasteiger partial charge >= 0.3 is 6.09 Å². The fraction of sp³-hybridized carbons (Fsp3) is 0.467. The number of hydrogen-bond acceptors (Lipinski definition) is 5. The number of carbonyl (C=O) groups is 2. The number of hydrogen-bond donors (Lipinski definition) is 3. The predicted octanol–water partition coefficient (Wildman–Crippen LogP) is 0.595. The van der Waals surface area contributed by atoms with Crippen molar-refractivity contribution in [2.75, 3.05) is 13.2 Å². The molecule has 1 aromatic rings. The molecule has 3 N–H and O–H groups in total. The maximum Gasteiger partial charge on any atom is 0.408 e. The lowest BCUT2D eigenvalue weighted by molar-refractivity contribution is -0.123. The summed E-state index contributed by atoms with van der Waals surface area (Å²) in [6.45, 7) is 0.477. The van der Waals surface area contributed by atoms with Crippen molar-refractivity contribution in [3.8, 4) is 0 Å². The summed E-state index contributed by atoms with van der Waals surface area (Å²) >= 11 is 0. The molecule has 1 saturated heterocycles. The minimum Gasteiger partial charge on any atom is -0.445 e. The van der Waals surface area contributed by atoms with Gasteiger partial charge in [-0.05, 0) is 24.9 Å². The first kappa shape index (κ1) is 15.5. The molecule has 2 rings (SSSR count). The number of ketones is 1. The molecule has 114 valence electrons. The van der Waals surface area contributed by atoms with E-state index in [4.69, 9.17) is 4.74 Å². The van der Waals surface area contributed by atoms with Gasteiger partial charge < -0.3 is 20.5 Å². The fourth-order valence-corrected chi connectivity index (χ4v) is 2.28. The summed E-state index contributed by atoms with van der Waals surface area (Å²) in [6, 6.07) is 8.03. The number of benzene rings is 1. The summed E-state index contributed by atoms with van der Waals surface area (Å²) in [5.74, 6) is -0.202. The summed E-state index contributed by atoms with van der Waals surface area (Å²) in [5.41, 5.74) is 0.858. The molecule has 1 aromatic carbocycles. The van der Waals surface area contributed by atoms with Crippen LogP contribution < -0.4 is 10.6 Å². The second-order valence-corrected chi connectivity index (χ2v) is 4.99. The van der Waals surface area contributed by atoms with Crippen molar-refractivity contribution in [2.45, 2.75) is 31.5 Å². The molecule has 0 spiro atoms. The Balaban J connectivity index is 1.80. The molecule has 1 amide bonds. The molecule has 1 unspecified atom stereocenters. The predicted molar refractivity (Wildman–Crippen MR) is 76.7 cm³/mol. The Morgan fingerprint density at radius 2 is 2.14 bits per heavy atom. The van der Waals surface area contributed by atoms with Crippen molar-refractivity contribution in [1.82, 2.24) is 10.6 Å². The molecule has 1 heterocycles. The number of carbonyl (C=O) groups excluding carboxylic acids is 2. The Bertz CT molecular complexity index is 472. The monoisotopic (exact) mass is 292 g/mol. The lowest BCUT2D eigenvalue weighted by Crippen LogP contribution is -2.50. The summed E-state index contributed by atoms with van der Waals surface area (Å²) in [7, 11) is 0. The highest BCUT2D eigenvalue weighted by atomic mass is 16.5. The van der Waals surface area contributed by atoms with Gasteiger partial charge in [0.2, 0.25) is 0 Å². The Morgan fingerprint density at radius 1 is 1.38 bits per heavy atom. The van der Waals surface area contributed by atoms with E-state index in [1.54, 1.807) is 0 Å². The molecule has 1 aliphatic rings. The molecular weight excluding hydrogens is 272 g/mol. The van der Waals surface area contributed by atoms with Gasteiger partial charge in [0.05, 0.1) is 12.6 Å². The first-order chi connectivity index (χ1) is 10.2. The highest BCUT2D eigenvalue weighted by Gasteiger charge is 2.29. The van der Waals surface area contributed by atoms with Gasteiger partial charge in [0.1, 0.15) is 12.6 Å². The molecule has 0 bridgehead atoms. The summed E-state index contributed by atoms with van der Waals surface area (Å²) < 4.78 is 5.04. The molecule has 0 aliphatic carbocycles. The van der Waals surface area contributed by atoms with E-state index in [-0.39, 0.29) is 18.4 Å². The van der Waals surface area contributed by atoms with Crippen LogP contribution in [-0.2, 0) is 16.1 Å². The van der Waals surface area contributed by atoms with Crippen LogP contribution in [0.15, 0.2) is 30.3 Å². The number of alkyl carbamates (subject to hydrolysis) is 1. The average Bonchev–Trinajstić information content (AvgIpc) is 3.05. The van der Waals surface area contributed by atoms with Crippen LogP contribution in [0.2, 0.25) is 0 Å². The van der Waals surface area contributed by atoms with Gasteiger partial charge in [-0.25, -0.2) is 4.79 Å². The van der Waals surface area contributed by atoms with E-state index in [2.05, 4.69) is 10.6 Å². The molecule has 6 heteroatoms. The van der Waals surface area contributed by atoms with E-state index in [1.807, 2.05) is 30.3 Å². The van der Waals surface area contributed by atoms with Crippen LogP contribution in [0.5, 0.6) is 0 Å². The van der Waals surface area contributed by atoms with Crippen LogP contribution in [0, 0.1) is 0 Å². The quantitative estimate of drug-likeness (QED) is 0.714. The number of aliphatic hydroxyl groups is 1. The second kappa shape index (κ2) is 7.75. The summed E-state index contributed by atoms with van der Waals surface area (Å²) in [6.07, 6.45) is 0.951. The normalized spacial score (nSPS) is 19.0. The number of Topliss-reactive ketones (excluding diaryl/α,β-unsaturated/α-hetero) is 1. The molecule has 21 heavy (non-hydrogen) atoms. The number of ether oxygens (including phenoxy) is 1. The van der Waals surface area contributed by atoms with Crippen molar-refractivity contribution in [1.29, 1.82) is 0 Å². The number of rotatable bonds is 6. The summed E-state index contributed by atoms with van der Waals surface area (Å²) in [5, 5.41) is 14.7. The maximum atomic E-state index is 12.1. The van der Waals surface area contributed by atoms with E-state index in [0.29, 0.717) is 0 Å². The molecule has 0 radical (unpaired) electrons. The van der Waals surface area contributed by atoms with Crippen molar-refractivity contribution in [3.05, 3.63) is 35.9 Å². The van der Waals surface area contributed by atoms with Gasteiger partial charge in [-0.15, -0.1) is 0 Å². The Morgan fingerprint density at radius 3 is 2.76 bits per heavy atom. The third-order valence-electron chi connectivity index (χ3n) is 3.43. The highest BCUT2D eigenvalue weighted by molar-refractivity contribution is 5.91. The van der Waals surface area contributed by atoms with E-state index >= 15 is 0 Å². The van der Waals surface area contributed by atoms with E-state index < -0.39 is 18.7 Å². The first-order valence-corrected chi connectivity index (χ1v) is 7.06. The van der Waals surface area contributed by atoms with Crippen LogP contribution in [0.3, 0.4) is 0 Å². The molecule has 2 atom stereocenters. The zero-order chi connectivity index (χ0) is 15.1. The minimum absolute atomic E-state index is 0.126. The fourth-order valence-electron chi connectivity index (χ4n) is 2.28. The lowest BCUT2D eigenvalue weighted by atomic mass is 10.0. The first-order valence-electron chi connectivity index (χ1n) is 7.06. The Hall–Kier alpha value is -1.92. The molecule has 1 fully saturated rings. The Labute approximate surface area is 123 Å². The van der Waals surface area contributed by atoms with Gasteiger partial charge in [0, 0.05) is 0 Å². The van der Waals surface area contributed by atoms with Gasteiger partial charge in [-0.1, -0.05) is 30.3 Å². The number of nitrogens with one attached hydrogen (secondary N) is 2. The van der Waals surface area contributed by atoms with Crippen molar-refractivity contribution < 1.29 is 19.4 Å². The zero-order valence-electron chi connectivity index (χ0n) is 11.7. The Kier molecular flexibility index (Phi) is 5.71. The minimum atomic E-state index is -0.927. The van der Waals surface area contributed by atoms with Crippen LogP contribution in [0.4, 0.5) is 4.79 Å². The maximum absolute atomic E-state index is 12.1. The molecule has 0 aromatic heterocycles. The second-order valence-electron chi connectivity index (χ2n) is 4.99. The van der Waals surface area contributed by atoms with Crippen LogP contribution in [0.25, 0.3) is 0 Å². The van der Waals surface area contributed by atoms with Crippen LogP contribution >= 0.6 is 0 Å². The molecule has 1 aliphatic heterocycles. The van der Waals surface area contributed by atoms with Gasteiger partial charge in [-0.2, -0.15) is 0 Å². The van der Waals surface area contributed by atoms with Crippen molar-refractivity contribution >= 4 is 11.9 Å².